The van der Waals surface area contributed by atoms with Gasteiger partial charge >= 0.3 is 0 Å². The summed E-state index contributed by atoms with van der Waals surface area (Å²) in [5.74, 6) is 0. The molecule has 3 heterocycles. The van der Waals surface area contributed by atoms with Crippen LogP contribution in [-0.4, -0.2) is 6.71 Å². The standard InChI is InChI=1S/C65H68BN3S/c1-41-37-49-50(64(9,10)34-33-63(49,7)8)40-52(41)69-54-39-46(67(43-21-15-13-16-22-43)44-23-17-14-18-24-44)38-53-57(54)66(51-32-31-48-56(59(51)69)65(11,12)36-35-62(48,5)6)60-58(47-25-19-20-26-55(47)70-60)68(53)45-29-27-42(28-30-45)61(2,3)4/h13-32,37-40H,33-36H2,1-12H3. The first kappa shape index (κ1) is 45.1. The third-order valence-corrected chi connectivity index (χ3v) is 18.4. The highest BCUT2D eigenvalue weighted by Crippen LogP contribution is 2.57. The van der Waals surface area contributed by atoms with Gasteiger partial charge in [-0.05, 0) is 165 Å². The van der Waals surface area contributed by atoms with E-state index in [0.29, 0.717) is 0 Å². The summed E-state index contributed by atoms with van der Waals surface area (Å²) in [6.45, 7) is 29.3. The molecule has 0 amide bonds. The predicted octanol–water partition coefficient (Wildman–Crippen LogP) is 16.8. The molecule has 0 saturated heterocycles. The van der Waals surface area contributed by atoms with E-state index in [-0.39, 0.29) is 33.8 Å². The highest BCUT2D eigenvalue weighted by molar-refractivity contribution is 7.33. The van der Waals surface area contributed by atoms with Gasteiger partial charge in [0.2, 0.25) is 0 Å². The molecule has 2 aliphatic carbocycles. The molecule has 3 nitrogen and oxygen atoms in total. The lowest BCUT2D eigenvalue weighted by Crippen LogP contribution is -2.61. The van der Waals surface area contributed by atoms with Gasteiger partial charge in [0.05, 0.1) is 11.4 Å². The Labute approximate surface area is 422 Å². The topological polar surface area (TPSA) is 9.72 Å². The van der Waals surface area contributed by atoms with Gasteiger partial charge in [0.25, 0.3) is 6.71 Å². The zero-order valence-corrected chi connectivity index (χ0v) is 44.3. The van der Waals surface area contributed by atoms with Crippen LogP contribution < -0.4 is 30.4 Å². The summed E-state index contributed by atoms with van der Waals surface area (Å²) in [5, 5.41) is 1.31. The van der Waals surface area contributed by atoms with Crippen molar-refractivity contribution in [2.45, 2.75) is 136 Å². The summed E-state index contributed by atoms with van der Waals surface area (Å²) in [6.07, 6.45) is 4.64. The molecule has 12 rings (SSSR count). The van der Waals surface area contributed by atoms with Crippen molar-refractivity contribution >= 4 is 95.0 Å². The minimum absolute atomic E-state index is 0.0177. The maximum Gasteiger partial charge on any atom is 0.264 e. The van der Waals surface area contributed by atoms with Gasteiger partial charge in [0, 0.05) is 54.7 Å². The lowest BCUT2D eigenvalue weighted by atomic mass is 9.35. The first-order chi connectivity index (χ1) is 33.2. The van der Waals surface area contributed by atoms with Crippen LogP contribution in [0.1, 0.15) is 135 Å². The lowest BCUT2D eigenvalue weighted by molar-refractivity contribution is 0.331. The van der Waals surface area contributed by atoms with E-state index in [0.717, 1.165) is 36.3 Å². The van der Waals surface area contributed by atoms with Crippen molar-refractivity contribution < 1.29 is 0 Å². The Hall–Kier alpha value is -6.04. The van der Waals surface area contributed by atoms with E-state index in [4.69, 9.17) is 0 Å². The Morgan fingerprint density at radius 2 is 1.06 bits per heavy atom. The van der Waals surface area contributed by atoms with Crippen molar-refractivity contribution in [1.82, 2.24) is 0 Å². The first-order valence-electron chi connectivity index (χ1n) is 25.9. The fraction of sp³-hybridized carbons (Fsp3) is 0.323. The van der Waals surface area contributed by atoms with Crippen LogP contribution in [0.3, 0.4) is 0 Å². The number of hydrogen-bond donors (Lipinski definition) is 0. The molecule has 2 aliphatic heterocycles. The van der Waals surface area contributed by atoms with Crippen LogP contribution in [0.5, 0.6) is 0 Å². The second kappa shape index (κ2) is 15.5. The predicted molar refractivity (Wildman–Crippen MR) is 305 cm³/mol. The summed E-state index contributed by atoms with van der Waals surface area (Å²) >= 11 is 2.00. The number of fused-ring (bicyclic) bond motifs is 9. The zero-order valence-electron chi connectivity index (χ0n) is 43.5. The Balaban J connectivity index is 1.27. The van der Waals surface area contributed by atoms with E-state index in [1.165, 1.54) is 99.7 Å². The van der Waals surface area contributed by atoms with E-state index in [1.807, 2.05) is 11.3 Å². The second-order valence-electron chi connectivity index (χ2n) is 24.8. The molecule has 0 radical (unpaired) electrons. The monoisotopic (exact) mass is 934 g/mol. The number of hydrogen-bond acceptors (Lipinski definition) is 4. The molecule has 0 fully saturated rings. The molecule has 4 aliphatic rings. The second-order valence-corrected chi connectivity index (χ2v) is 25.8. The molecule has 0 N–H and O–H groups in total. The maximum absolute atomic E-state index is 2.80. The van der Waals surface area contributed by atoms with Crippen LogP contribution in [0.4, 0.5) is 51.2 Å². The van der Waals surface area contributed by atoms with Crippen molar-refractivity contribution in [3.63, 3.8) is 0 Å². The summed E-state index contributed by atoms with van der Waals surface area (Å²) in [5.41, 5.74) is 22.7. The Morgan fingerprint density at radius 1 is 0.514 bits per heavy atom. The minimum atomic E-state index is -0.0611. The normalized spacial score (nSPS) is 17.9. The van der Waals surface area contributed by atoms with E-state index in [9.17, 15) is 0 Å². The maximum atomic E-state index is 2.80. The number of aryl methyl sites for hydroxylation is 1. The van der Waals surface area contributed by atoms with Crippen LogP contribution >= 0.6 is 11.3 Å². The lowest BCUT2D eigenvalue weighted by Gasteiger charge is -2.50. The highest BCUT2D eigenvalue weighted by Gasteiger charge is 2.50. The zero-order chi connectivity index (χ0) is 48.9. The molecular weight excluding hydrogens is 866 g/mol. The largest absolute Gasteiger partial charge is 0.311 e. The van der Waals surface area contributed by atoms with E-state index >= 15 is 0 Å². The number of rotatable bonds is 5. The van der Waals surface area contributed by atoms with E-state index in [1.54, 1.807) is 0 Å². The fourth-order valence-electron chi connectivity index (χ4n) is 12.9. The van der Waals surface area contributed by atoms with Crippen molar-refractivity contribution in [3.05, 3.63) is 179 Å². The minimum Gasteiger partial charge on any atom is -0.311 e. The van der Waals surface area contributed by atoms with Crippen molar-refractivity contribution in [2.24, 2.45) is 0 Å². The van der Waals surface area contributed by atoms with Crippen molar-refractivity contribution in [2.75, 3.05) is 14.7 Å². The number of para-hydroxylation sites is 2. The molecule has 8 aromatic rings. The van der Waals surface area contributed by atoms with Gasteiger partial charge in [-0.3, -0.25) is 0 Å². The third kappa shape index (κ3) is 6.81. The van der Waals surface area contributed by atoms with Gasteiger partial charge < -0.3 is 14.7 Å². The van der Waals surface area contributed by atoms with Crippen LogP contribution in [0.15, 0.2) is 146 Å². The third-order valence-electron chi connectivity index (χ3n) is 17.2. The average Bonchev–Trinajstić information content (AvgIpc) is 3.71. The number of anilines is 9. The van der Waals surface area contributed by atoms with E-state index < -0.39 is 0 Å². The molecule has 0 spiro atoms. The average molecular weight is 934 g/mol. The summed E-state index contributed by atoms with van der Waals surface area (Å²) < 4.78 is 2.75. The van der Waals surface area contributed by atoms with Crippen molar-refractivity contribution in [1.29, 1.82) is 0 Å². The van der Waals surface area contributed by atoms with Gasteiger partial charge in [-0.25, -0.2) is 0 Å². The molecule has 0 unspecified atom stereocenters. The molecule has 352 valence electrons. The van der Waals surface area contributed by atoms with Crippen molar-refractivity contribution in [3.8, 4) is 0 Å². The molecule has 70 heavy (non-hydrogen) atoms. The van der Waals surface area contributed by atoms with Gasteiger partial charge in [0.1, 0.15) is 0 Å². The van der Waals surface area contributed by atoms with Crippen LogP contribution in [0.25, 0.3) is 10.1 Å². The Bertz CT molecular complexity index is 3350. The van der Waals surface area contributed by atoms with Gasteiger partial charge in [-0.15, -0.1) is 11.3 Å². The van der Waals surface area contributed by atoms with Gasteiger partial charge in [0.15, 0.2) is 0 Å². The number of thiophene rings is 1. The van der Waals surface area contributed by atoms with E-state index in [2.05, 4.69) is 243 Å². The SMILES string of the molecule is Cc1cc2c(cc1N1c3cc(N(c4ccccc4)c4ccccc4)cc4c3B(c3ccc5c(c31)C(C)(C)CCC5(C)C)c1sc3ccccc3c1N4c1ccc(C(C)(C)C)cc1)C(C)(C)CCC2(C)C. The molecule has 0 bridgehead atoms. The molecule has 0 saturated carbocycles. The molecule has 7 aromatic carbocycles. The Morgan fingerprint density at radius 3 is 1.67 bits per heavy atom. The van der Waals surface area contributed by atoms with Gasteiger partial charge in [-0.2, -0.15) is 0 Å². The number of nitrogens with zero attached hydrogens (tertiary/aromatic N) is 3. The molecule has 5 heteroatoms. The fourth-order valence-corrected chi connectivity index (χ4v) is 14.3. The Kier molecular flexibility index (Phi) is 9.98. The summed E-state index contributed by atoms with van der Waals surface area (Å²) in [6, 6.07) is 56.1. The quantitative estimate of drug-likeness (QED) is 0.159. The molecule has 0 atom stereocenters. The number of benzene rings is 7. The first-order valence-corrected chi connectivity index (χ1v) is 26.7. The molecule has 1 aromatic heterocycles. The van der Waals surface area contributed by atoms with Crippen LogP contribution in [0.2, 0.25) is 0 Å². The van der Waals surface area contributed by atoms with Crippen LogP contribution in [-0.2, 0) is 27.1 Å². The summed E-state index contributed by atoms with van der Waals surface area (Å²) in [7, 11) is 0. The summed E-state index contributed by atoms with van der Waals surface area (Å²) in [4.78, 5) is 7.94. The smallest absolute Gasteiger partial charge is 0.264 e. The molecular formula is C65H68BN3S. The van der Waals surface area contributed by atoms with Gasteiger partial charge in [-0.1, -0.05) is 161 Å². The van der Waals surface area contributed by atoms with Crippen LogP contribution in [0, 0.1) is 6.92 Å². The highest BCUT2D eigenvalue weighted by atomic mass is 32.1.